The van der Waals surface area contributed by atoms with E-state index >= 15 is 0 Å². The van der Waals surface area contributed by atoms with Crippen LogP contribution in [-0.4, -0.2) is 64.5 Å². The van der Waals surface area contributed by atoms with Crippen LogP contribution >= 0.6 is 0 Å². The molecule has 11 nitrogen and oxygen atoms in total. The molecule has 3 N–H and O–H groups in total. The van der Waals surface area contributed by atoms with Gasteiger partial charge in [-0.05, 0) is 35.4 Å². The molecule has 1 saturated heterocycles. The predicted molar refractivity (Wildman–Crippen MR) is 164 cm³/mol. The number of hydrogen-bond acceptors (Lipinski definition) is 8. The number of carbonyl (C=O) groups excluding carboxylic acids is 2. The minimum atomic E-state index is -0.781. The predicted octanol–water partition coefficient (Wildman–Crippen LogP) is 5.03. The summed E-state index contributed by atoms with van der Waals surface area (Å²) >= 11 is 0. The molecule has 43 heavy (non-hydrogen) atoms. The van der Waals surface area contributed by atoms with Crippen LogP contribution in [0.2, 0.25) is 0 Å². The summed E-state index contributed by atoms with van der Waals surface area (Å²) in [6, 6.07) is 21.5. The van der Waals surface area contributed by atoms with Gasteiger partial charge in [0.1, 0.15) is 11.9 Å². The normalized spacial score (nSPS) is 14.4. The van der Waals surface area contributed by atoms with Crippen LogP contribution < -0.4 is 20.7 Å². The number of anilines is 2. The fourth-order valence-corrected chi connectivity index (χ4v) is 5.82. The molecular formula is C31H33N5O6S. The van der Waals surface area contributed by atoms with E-state index in [1.165, 1.54) is 13.5 Å². The number of urea groups is 1. The molecule has 0 spiro atoms. The van der Waals surface area contributed by atoms with E-state index < -0.39 is 29.0 Å². The van der Waals surface area contributed by atoms with Crippen LogP contribution in [0.15, 0.2) is 89.8 Å². The van der Waals surface area contributed by atoms with Gasteiger partial charge in [-0.1, -0.05) is 42.5 Å². The summed E-state index contributed by atoms with van der Waals surface area (Å²) in [7, 11) is 0.755. The second-order valence-electron chi connectivity index (χ2n) is 9.87. The van der Waals surface area contributed by atoms with Crippen molar-refractivity contribution in [1.82, 2.24) is 15.2 Å². The van der Waals surface area contributed by atoms with Crippen LogP contribution in [0.5, 0.6) is 5.75 Å². The number of carbonyl (C=O) groups is 2. The highest BCUT2D eigenvalue weighted by atomic mass is 32.2. The van der Waals surface area contributed by atoms with Gasteiger partial charge in [-0.15, -0.1) is 0 Å². The van der Waals surface area contributed by atoms with E-state index in [1.54, 1.807) is 42.6 Å². The molecule has 12 heteroatoms. The van der Waals surface area contributed by atoms with Crippen molar-refractivity contribution in [3.63, 3.8) is 0 Å². The Morgan fingerprint density at radius 2 is 1.77 bits per heavy atom. The zero-order valence-corrected chi connectivity index (χ0v) is 24.5. The Bertz CT molecular complexity index is 1540. The highest BCUT2D eigenvalue weighted by Crippen LogP contribution is 2.32. The molecule has 5 rings (SSSR count). The summed E-state index contributed by atoms with van der Waals surface area (Å²) in [4.78, 5) is 31.6. The number of nitrogens with one attached hydrogen (secondary N) is 3. The van der Waals surface area contributed by atoms with Gasteiger partial charge < -0.3 is 29.8 Å². The molecule has 2 heterocycles. The van der Waals surface area contributed by atoms with Crippen molar-refractivity contribution < 1.29 is 27.7 Å². The lowest BCUT2D eigenvalue weighted by atomic mass is 10.1. The zero-order chi connectivity index (χ0) is 30.0. The molecule has 224 valence electrons. The third-order valence-corrected chi connectivity index (χ3v) is 8.17. The Balaban J connectivity index is 1.15. The highest BCUT2D eigenvalue weighted by Gasteiger charge is 2.23. The molecule has 1 aliphatic rings. The van der Waals surface area contributed by atoms with Crippen molar-refractivity contribution in [3.8, 4) is 17.1 Å². The molecule has 3 aromatic carbocycles. The van der Waals surface area contributed by atoms with Gasteiger partial charge in [0.25, 0.3) is 0 Å². The molecule has 4 aromatic rings. The van der Waals surface area contributed by atoms with Crippen LogP contribution in [-0.2, 0) is 22.1 Å². The highest BCUT2D eigenvalue weighted by molar-refractivity contribution is 7.85. The first kappa shape index (κ1) is 29.8. The number of oxazole rings is 1. The maximum atomic E-state index is 12.8. The molecule has 1 aliphatic heterocycles. The number of amides is 3. The molecule has 0 saturated carbocycles. The maximum Gasteiger partial charge on any atom is 0.408 e. The first-order chi connectivity index (χ1) is 21.0. The van der Waals surface area contributed by atoms with Crippen LogP contribution in [0, 0.1) is 0 Å². The van der Waals surface area contributed by atoms with Gasteiger partial charge in [0.15, 0.2) is 12.2 Å². The Morgan fingerprint density at radius 3 is 2.49 bits per heavy atom. The van der Waals surface area contributed by atoms with Crippen molar-refractivity contribution in [2.45, 2.75) is 12.6 Å². The average Bonchev–Trinajstić information content (AvgIpc) is 3.56. The average molecular weight is 604 g/mol. The summed E-state index contributed by atoms with van der Waals surface area (Å²) in [5.74, 6) is 2.33. The van der Waals surface area contributed by atoms with E-state index in [2.05, 4.69) is 25.8 Å². The third-order valence-electron chi connectivity index (χ3n) is 6.89. The van der Waals surface area contributed by atoms with Crippen LogP contribution in [0.1, 0.15) is 17.2 Å². The van der Waals surface area contributed by atoms with E-state index in [0.29, 0.717) is 59.6 Å². The van der Waals surface area contributed by atoms with E-state index in [4.69, 9.17) is 13.9 Å². The molecule has 1 atom stereocenters. The van der Waals surface area contributed by atoms with E-state index in [0.717, 1.165) is 11.1 Å². The number of alkyl carbamates (subject to hydrolysis) is 1. The SMILES string of the molecule is COc1cc(NC(=O)Nc2cccc(CNC(=O)O[C@H](CN3CCS(=O)CC3)c3ccccc3)c2)ccc1-c1cnco1. The molecule has 0 aliphatic carbocycles. The van der Waals surface area contributed by atoms with E-state index in [1.807, 2.05) is 36.4 Å². The number of ether oxygens (including phenoxy) is 2. The molecule has 1 fully saturated rings. The van der Waals surface area contributed by atoms with Gasteiger partial charge >= 0.3 is 12.1 Å². The van der Waals surface area contributed by atoms with Gasteiger partial charge in [0.2, 0.25) is 0 Å². The van der Waals surface area contributed by atoms with Crippen LogP contribution in [0.4, 0.5) is 21.0 Å². The van der Waals surface area contributed by atoms with Crippen LogP contribution in [0.3, 0.4) is 0 Å². The molecule has 0 bridgehead atoms. The summed E-state index contributed by atoms with van der Waals surface area (Å²) in [6.45, 7) is 2.14. The van der Waals surface area contributed by atoms with Crippen molar-refractivity contribution in [2.24, 2.45) is 0 Å². The number of rotatable bonds is 10. The maximum absolute atomic E-state index is 12.8. The Morgan fingerprint density at radius 1 is 1.00 bits per heavy atom. The standard InChI is InChI=1S/C31H33N5O6S/c1-40-27-17-25(10-11-26(27)28-19-32-21-41-28)35-30(37)34-24-9-5-6-22(16-24)18-33-31(38)42-29(23-7-3-2-4-8-23)20-36-12-14-43(39)15-13-36/h2-11,16-17,19,21,29H,12-15,18,20H2,1H3,(H,33,38)(H2,34,35,37)/t29-/m1/s1. The van der Waals surface area contributed by atoms with Crippen molar-refractivity contribution >= 4 is 34.3 Å². The molecular weight excluding hydrogens is 570 g/mol. The van der Waals surface area contributed by atoms with Gasteiger partial charge in [0, 0.05) is 65.9 Å². The van der Waals surface area contributed by atoms with E-state index in [-0.39, 0.29) is 6.54 Å². The number of methoxy groups -OCH3 is 1. The quantitative estimate of drug-likeness (QED) is 0.230. The van der Waals surface area contributed by atoms with Crippen LogP contribution in [0.25, 0.3) is 11.3 Å². The summed E-state index contributed by atoms with van der Waals surface area (Å²) < 4.78 is 28.4. The third kappa shape index (κ3) is 8.43. The molecule has 0 radical (unpaired) electrons. The van der Waals surface area contributed by atoms with Gasteiger partial charge in [-0.3, -0.25) is 9.11 Å². The smallest absolute Gasteiger partial charge is 0.408 e. The first-order valence-corrected chi connectivity index (χ1v) is 15.3. The second kappa shape index (κ2) is 14.5. The number of benzene rings is 3. The monoisotopic (exact) mass is 603 g/mol. The topological polar surface area (TPSA) is 135 Å². The summed E-state index contributed by atoms with van der Waals surface area (Å²) in [5, 5.41) is 8.41. The summed E-state index contributed by atoms with van der Waals surface area (Å²) in [6.07, 6.45) is 1.91. The molecule has 3 amide bonds. The van der Waals surface area contributed by atoms with Crippen molar-refractivity contribution in [2.75, 3.05) is 48.9 Å². The molecule has 0 unspecified atom stereocenters. The van der Waals surface area contributed by atoms with E-state index in [9.17, 15) is 13.8 Å². The molecule has 1 aromatic heterocycles. The van der Waals surface area contributed by atoms with Crippen molar-refractivity contribution in [3.05, 3.63) is 96.5 Å². The number of aromatic nitrogens is 1. The lowest BCUT2D eigenvalue weighted by molar-refractivity contribution is 0.0713. The first-order valence-electron chi connectivity index (χ1n) is 13.8. The zero-order valence-electron chi connectivity index (χ0n) is 23.7. The number of nitrogens with zero attached hydrogens (tertiary/aromatic N) is 2. The minimum absolute atomic E-state index is 0.209. The van der Waals surface area contributed by atoms with Crippen molar-refractivity contribution in [1.29, 1.82) is 0 Å². The largest absolute Gasteiger partial charge is 0.496 e. The van der Waals surface area contributed by atoms with Gasteiger partial charge in [-0.25, -0.2) is 14.6 Å². The lowest BCUT2D eigenvalue weighted by Gasteiger charge is -2.30. The Labute approximate surface area is 252 Å². The van der Waals surface area contributed by atoms with Gasteiger partial charge in [-0.2, -0.15) is 0 Å². The fraction of sp³-hybridized carbons (Fsp3) is 0.258. The lowest BCUT2D eigenvalue weighted by Crippen LogP contribution is -2.41. The minimum Gasteiger partial charge on any atom is -0.496 e. The van der Waals surface area contributed by atoms with Gasteiger partial charge in [0.05, 0.1) is 18.9 Å². The Hall–Kier alpha value is -4.68. The Kier molecular flexibility index (Phi) is 10.0. The second-order valence-corrected chi connectivity index (χ2v) is 11.6. The summed E-state index contributed by atoms with van der Waals surface area (Å²) in [5.41, 5.74) is 3.47. The fourth-order valence-electron chi connectivity index (χ4n) is 4.69. The number of hydrogen-bond donors (Lipinski definition) is 3.